The summed E-state index contributed by atoms with van der Waals surface area (Å²) in [6.45, 7) is 5.82. The van der Waals surface area contributed by atoms with Gasteiger partial charge in [-0.25, -0.2) is 0 Å². The maximum absolute atomic E-state index is 11.7. The average Bonchev–Trinajstić information content (AvgIpc) is 2.40. The molecule has 2 unspecified atom stereocenters. The van der Waals surface area contributed by atoms with Gasteiger partial charge in [0.2, 0.25) is 5.91 Å². The molecule has 0 aromatic heterocycles. The van der Waals surface area contributed by atoms with Gasteiger partial charge in [0.05, 0.1) is 0 Å². The monoisotopic (exact) mass is 197 g/mol. The molecule has 3 nitrogen and oxygen atoms in total. The molecule has 14 heavy (non-hydrogen) atoms. The smallest absolute Gasteiger partial charge is 0.223 e. The predicted molar refractivity (Wildman–Crippen MR) is 53.9 cm³/mol. The van der Waals surface area contributed by atoms with E-state index in [1.54, 1.807) is 0 Å². The van der Waals surface area contributed by atoms with Gasteiger partial charge in [-0.15, -0.1) is 0 Å². The van der Waals surface area contributed by atoms with E-state index in [1.807, 2.05) is 6.92 Å². The summed E-state index contributed by atoms with van der Waals surface area (Å²) in [5.74, 6) is 0.913. The van der Waals surface area contributed by atoms with Crippen molar-refractivity contribution < 1.29 is 9.53 Å². The lowest BCUT2D eigenvalue weighted by atomic mass is 9.74. The minimum absolute atomic E-state index is 0.0590. The normalized spacial score (nSPS) is 36.0. The minimum atomic E-state index is 0.0590. The Bertz CT molecular complexity index is 233. The Labute approximate surface area is 85.2 Å². The van der Waals surface area contributed by atoms with E-state index in [1.165, 1.54) is 0 Å². The molecule has 2 fully saturated rings. The van der Waals surface area contributed by atoms with E-state index in [0.29, 0.717) is 5.92 Å². The van der Waals surface area contributed by atoms with Crippen LogP contribution in [0.1, 0.15) is 33.1 Å². The van der Waals surface area contributed by atoms with E-state index in [0.717, 1.165) is 32.5 Å². The molecule has 0 radical (unpaired) electrons. The van der Waals surface area contributed by atoms with Crippen LogP contribution in [0.2, 0.25) is 0 Å². The highest BCUT2D eigenvalue weighted by Crippen LogP contribution is 2.40. The van der Waals surface area contributed by atoms with E-state index < -0.39 is 0 Å². The fraction of sp³-hybridized carbons (Fsp3) is 0.909. The lowest BCUT2D eigenvalue weighted by Gasteiger charge is -2.38. The van der Waals surface area contributed by atoms with Crippen LogP contribution in [0.3, 0.4) is 0 Å². The second kappa shape index (κ2) is 3.54. The predicted octanol–water partition coefficient (Wildman–Crippen LogP) is 1.33. The first-order valence-electron chi connectivity index (χ1n) is 5.59. The first-order valence-corrected chi connectivity index (χ1v) is 5.59. The van der Waals surface area contributed by atoms with Crippen LogP contribution in [0.25, 0.3) is 0 Å². The molecule has 2 atom stereocenters. The van der Waals surface area contributed by atoms with Crippen LogP contribution < -0.4 is 5.32 Å². The molecule has 1 amide bonds. The van der Waals surface area contributed by atoms with Gasteiger partial charge in [-0.1, -0.05) is 20.3 Å². The van der Waals surface area contributed by atoms with Crippen LogP contribution in [-0.2, 0) is 9.53 Å². The van der Waals surface area contributed by atoms with Crippen molar-refractivity contribution in [3.63, 3.8) is 0 Å². The zero-order valence-corrected chi connectivity index (χ0v) is 9.01. The maximum atomic E-state index is 11.7. The van der Waals surface area contributed by atoms with Crippen LogP contribution in [-0.4, -0.2) is 24.7 Å². The van der Waals surface area contributed by atoms with Gasteiger partial charge in [-0.05, 0) is 18.8 Å². The largest absolute Gasteiger partial charge is 0.381 e. The summed E-state index contributed by atoms with van der Waals surface area (Å²) in [5, 5.41) is 3.20. The van der Waals surface area contributed by atoms with E-state index in [4.69, 9.17) is 4.74 Å². The van der Waals surface area contributed by atoms with Crippen molar-refractivity contribution in [2.75, 3.05) is 13.2 Å². The Morgan fingerprint density at radius 1 is 1.50 bits per heavy atom. The first-order chi connectivity index (χ1) is 6.69. The highest BCUT2D eigenvalue weighted by Gasteiger charge is 2.50. The summed E-state index contributed by atoms with van der Waals surface area (Å²) in [6.07, 6.45) is 3.06. The van der Waals surface area contributed by atoms with Crippen molar-refractivity contribution in [3.05, 3.63) is 0 Å². The van der Waals surface area contributed by atoms with Crippen molar-refractivity contribution in [1.29, 1.82) is 0 Å². The first kappa shape index (κ1) is 9.97. The summed E-state index contributed by atoms with van der Waals surface area (Å²) in [7, 11) is 0. The molecule has 0 aromatic rings. The molecule has 0 aliphatic carbocycles. The van der Waals surface area contributed by atoms with Crippen LogP contribution in [0, 0.1) is 11.8 Å². The van der Waals surface area contributed by atoms with Crippen molar-refractivity contribution >= 4 is 5.91 Å². The summed E-state index contributed by atoms with van der Waals surface area (Å²) < 4.78 is 5.37. The number of rotatable bonds is 1. The molecule has 1 N–H and O–H groups in total. The number of amides is 1. The van der Waals surface area contributed by atoms with Gasteiger partial charge in [-0.2, -0.15) is 0 Å². The lowest BCUT2D eigenvalue weighted by Crippen LogP contribution is -2.50. The molecule has 3 heteroatoms. The molecule has 2 rings (SSSR count). The van der Waals surface area contributed by atoms with Crippen LogP contribution in [0.5, 0.6) is 0 Å². The zero-order chi connectivity index (χ0) is 10.2. The third kappa shape index (κ3) is 1.34. The summed E-state index contributed by atoms with van der Waals surface area (Å²) in [4.78, 5) is 11.7. The lowest BCUT2D eigenvalue weighted by molar-refractivity contribution is -0.123. The summed E-state index contributed by atoms with van der Waals surface area (Å²) >= 11 is 0. The Morgan fingerprint density at radius 2 is 2.14 bits per heavy atom. The highest BCUT2D eigenvalue weighted by molar-refractivity contribution is 5.82. The number of hydrogen-bond acceptors (Lipinski definition) is 2. The van der Waals surface area contributed by atoms with Crippen LogP contribution >= 0.6 is 0 Å². The Morgan fingerprint density at radius 3 is 2.71 bits per heavy atom. The fourth-order valence-electron chi connectivity index (χ4n) is 3.09. The number of nitrogens with one attached hydrogen (secondary N) is 1. The molecular weight excluding hydrogens is 178 g/mol. The van der Waals surface area contributed by atoms with Crippen LogP contribution in [0.15, 0.2) is 0 Å². The molecular formula is C11H19NO2. The van der Waals surface area contributed by atoms with Crippen molar-refractivity contribution in [3.8, 4) is 0 Å². The summed E-state index contributed by atoms with van der Waals surface area (Å²) in [5.41, 5.74) is 0.0590. The Kier molecular flexibility index (Phi) is 2.52. The van der Waals surface area contributed by atoms with E-state index in [2.05, 4.69) is 12.2 Å². The van der Waals surface area contributed by atoms with Gasteiger partial charge in [0.1, 0.15) is 0 Å². The molecule has 2 aliphatic rings. The quantitative estimate of drug-likeness (QED) is 0.688. The van der Waals surface area contributed by atoms with E-state index in [-0.39, 0.29) is 17.4 Å². The molecule has 2 saturated heterocycles. The number of ether oxygens (including phenoxy) is 1. The maximum Gasteiger partial charge on any atom is 0.223 e. The number of carbonyl (C=O) groups excluding carboxylic acids is 1. The van der Waals surface area contributed by atoms with Crippen LogP contribution in [0.4, 0.5) is 0 Å². The zero-order valence-electron chi connectivity index (χ0n) is 9.01. The van der Waals surface area contributed by atoms with Gasteiger partial charge in [0.25, 0.3) is 0 Å². The Hall–Kier alpha value is -0.570. The van der Waals surface area contributed by atoms with E-state index in [9.17, 15) is 4.79 Å². The molecule has 2 heterocycles. The van der Waals surface area contributed by atoms with Crippen molar-refractivity contribution in [1.82, 2.24) is 5.32 Å². The highest BCUT2D eigenvalue weighted by atomic mass is 16.5. The number of carbonyl (C=O) groups is 1. The van der Waals surface area contributed by atoms with Gasteiger partial charge < -0.3 is 10.1 Å². The second-order valence-electron chi connectivity index (χ2n) is 4.56. The molecule has 1 spiro atoms. The van der Waals surface area contributed by atoms with E-state index >= 15 is 0 Å². The molecule has 80 valence electrons. The topological polar surface area (TPSA) is 38.3 Å². The van der Waals surface area contributed by atoms with Crippen molar-refractivity contribution in [2.24, 2.45) is 11.8 Å². The standard InChI is InChI=1S/C11H19NO2/c1-3-9-8(2)10(13)12-11(9)4-6-14-7-5-11/h8-9H,3-7H2,1-2H3,(H,12,13). The Balaban J connectivity index is 2.20. The summed E-state index contributed by atoms with van der Waals surface area (Å²) in [6, 6.07) is 0. The fourth-order valence-corrected chi connectivity index (χ4v) is 3.09. The van der Waals surface area contributed by atoms with Crippen molar-refractivity contribution in [2.45, 2.75) is 38.6 Å². The third-order valence-corrected chi connectivity index (χ3v) is 3.92. The van der Waals surface area contributed by atoms with Gasteiger partial charge in [0.15, 0.2) is 0 Å². The average molecular weight is 197 g/mol. The molecule has 2 aliphatic heterocycles. The molecule has 0 aromatic carbocycles. The number of hydrogen-bond donors (Lipinski definition) is 1. The van der Waals surface area contributed by atoms with Gasteiger partial charge in [0, 0.05) is 24.7 Å². The minimum Gasteiger partial charge on any atom is -0.381 e. The van der Waals surface area contributed by atoms with Gasteiger partial charge >= 0.3 is 0 Å². The SMILES string of the molecule is CCC1C(C)C(=O)NC12CCOCC2. The molecule has 0 saturated carbocycles. The third-order valence-electron chi connectivity index (χ3n) is 3.92. The second-order valence-corrected chi connectivity index (χ2v) is 4.56. The van der Waals surface area contributed by atoms with Gasteiger partial charge in [-0.3, -0.25) is 4.79 Å². The molecule has 0 bridgehead atoms.